The minimum Gasteiger partial charge on any atom is -0.495 e. The van der Waals surface area contributed by atoms with Gasteiger partial charge in [0.25, 0.3) is 5.91 Å². The molecule has 0 fully saturated rings. The van der Waals surface area contributed by atoms with Gasteiger partial charge in [-0.05, 0) is 56.7 Å². The summed E-state index contributed by atoms with van der Waals surface area (Å²) in [7, 11) is -0.944. The number of amides is 1. The topological polar surface area (TPSA) is 93.7 Å². The van der Waals surface area contributed by atoms with E-state index in [0.29, 0.717) is 11.4 Å². The van der Waals surface area contributed by atoms with Crippen molar-refractivity contribution in [2.45, 2.75) is 31.7 Å². The molecule has 0 unspecified atom stereocenters. The molecule has 2 aromatic carbocycles. The van der Waals surface area contributed by atoms with Crippen LogP contribution in [0.4, 0.5) is 5.69 Å². The molecule has 146 valence electrons. The van der Waals surface area contributed by atoms with Crippen LogP contribution in [0.3, 0.4) is 0 Å². The predicted molar refractivity (Wildman–Crippen MR) is 104 cm³/mol. The zero-order valence-electron chi connectivity index (χ0n) is 16.0. The number of hydrogen-bond acceptors (Lipinski definition) is 5. The molecule has 0 saturated heterocycles. The predicted octanol–water partition coefficient (Wildman–Crippen LogP) is 2.95. The van der Waals surface area contributed by atoms with Gasteiger partial charge in [0.2, 0.25) is 10.0 Å². The lowest BCUT2D eigenvalue weighted by atomic mass is 10.1. The number of rotatable bonds is 7. The van der Waals surface area contributed by atoms with Gasteiger partial charge in [0.1, 0.15) is 16.4 Å². The van der Waals surface area contributed by atoms with Crippen LogP contribution in [-0.2, 0) is 10.0 Å². The first-order chi connectivity index (χ1) is 12.7. The van der Waals surface area contributed by atoms with Gasteiger partial charge < -0.3 is 14.8 Å². The Kier molecular flexibility index (Phi) is 6.45. The zero-order chi connectivity index (χ0) is 20.2. The molecule has 0 atom stereocenters. The number of anilines is 1. The number of carbonyl (C=O) groups excluding carboxylic acids is 1. The minimum absolute atomic E-state index is 0.0949. The van der Waals surface area contributed by atoms with Crippen LogP contribution in [0.25, 0.3) is 0 Å². The Morgan fingerprint density at radius 1 is 1.00 bits per heavy atom. The van der Waals surface area contributed by atoms with Crippen LogP contribution in [0.5, 0.6) is 11.5 Å². The van der Waals surface area contributed by atoms with Crippen LogP contribution in [0, 0.1) is 6.92 Å². The molecule has 2 aromatic rings. The van der Waals surface area contributed by atoms with Gasteiger partial charge in [-0.1, -0.05) is 6.07 Å². The number of ether oxygens (including phenoxy) is 2. The molecule has 2 rings (SSSR count). The number of sulfonamides is 1. The number of benzene rings is 2. The van der Waals surface area contributed by atoms with E-state index < -0.39 is 15.9 Å². The molecule has 27 heavy (non-hydrogen) atoms. The lowest BCUT2D eigenvalue weighted by Crippen LogP contribution is -2.30. The van der Waals surface area contributed by atoms with Gasteiger partial charge in [-0.15, -0.1) is 0 Å². The summed E-state index contributed by atoms with van der Waals surface area (Å²) in [5.41, 5.74) is 1.64. The van der Waals surface area contributed by atoms with Crippen molar-refractivity contribution in [3.05, 3.63) is 47.5 Å². The molecule has 0 aromatic heterocycles. The molecule has 0 spiro atoms. The average Bonchev–Trinajstić information content (AvgIpc) is 2.60. The maximum Gasteiger partial charge on any atom is 0.255 e. The number of carbonyl (C=O) groups is 1. The van der Waals surface area contributed by atoms with E-state index in [1.54, 1.807) is 26.0 Å². The molecular weight excluding hydrogens is 368 g/mol. The highest BCUT2D eigenvalue weighted by Gasteiger charge is 2.22. The van der Waals surface area contributed by atoms with E-state index in [4.69, 9.17) is 9.47 Å². The van der Waals surface area contributed by atoms with Crippen molar-refractivity contribution in [1.82, 2.24) is 4.72 Å². The van der Waals surface area contributed by atoms with Crippen LogP contribution >= 0.6 is 0 Å². The van der Waals surface area contributed by atoms with Crippen molar-refractivity contribution < 1.29 is 22.7 Å². The van der Waals surface area contributed by atoms with E-state index in [9.17, 15) is 13.2 Å². The van der Waals surface area contributed by atoms with Crippen molar-refractivity contribution in [2.75, 3.05) is 19.5 Å². The summed E-state index contributed by atoms with van der Waals surface area (Å²) >= 11 is 0. The molecule has 0 aliphatic carbocycles. The Labute approximate surface area is 159 Å². The molecule has 0 bridgehead atoms. The van der Waals surface area contributed by atoms with Gasteiger partial charge in [0.05, 0.1) is 19.9 Å². The van der Waals surface area contributed by atoms with Crippen molar-refractivity contribution in [1.29, 1.82) is 0 Å². The first kappa shape index (κ1) is 20.7. The van der Waals surface area contributed by atoms with E-state index in [1.165, 1.54) is 32.4 Å². The van der Waals surface area contributed by atoms with E-state index in [2.05, 4.69) is 10.0 Å². The van der Waals surface area contributed by atoms with Gasteiger partial charge in [0, 0.05) is 11.6 Å². The molecule has 8 heteroatoms. The number of nitrogens with one attached hydrogen (secondary N) is 2. The van der Waals surface area contributed by atoms with Crippen molar-refractivity contribution in [3.8, 4) is 11.5 Å². The lowest BCUT2D eigenvalue weighted by molar-refractivity contribution is 0.102. The van der Waals surface area contributed by atoms with Crippen LogP contribution < -0.4 is 19.5 Å². The fourth-order valence-electron chi connectivity index (χ4n) is 2.52. The average molecular weight is 392 g/mol. The number of hydrogen-bond donors (Lipinski definition) is 2. The molecule has 1 amide bonds. The monoisotopic (exact) mass is 392 g/mol. The highest BCUT2D eigenvalue weighted by atomic mass is 32.2. The Morgan fingerprint density at radius 2 is 1.63 bits per heavy atom. The first-order valence-electron chi connectivity index (χ1n) is 8.34. The normalized spacial score (nSPS) is 11.3. The molecule has 7 nitrogen and oxygen atoms in total. The fraction of sp³-hybridized carbons (Fsp3) is 0.316. The lowest BCUT2D eigenvalue weighted by Gasteiger charge is -2.15. The summed E-state index contributed by atoms with van der Waals surface area (Å²) in [6.07, 6.45) is 0. The number of aryl methyl sites for hydroxylation is 1. The molecule has 0 saturated carbocycles. The van der Waals surface area contributed by atoms with Crippen molar-refractivity contribution in [2.24, 2.45) is 0 Å². The van der Waals surface area contributed by atoms with Crippen molar-refractivity contribution >= 4 is 21.6 Å². The van der Waals surface area contributed by atoms with Crippen LogP contribution in [0.1, 0.15) is 29.8 Å². The third kappa shape index (κ3) is 4.99. The second-order valence-corrected chi connectivity index (χ2v) is 7.98. The Bertz CT molecular complexity index is 939. The van der Waals surface area contributed by atoms with Crippen LogP contribution in [-0.4, -0.2) is 34.6 Å². The molecular formula is C19H24N2O5S. The Morgan fingerprint density at radius 3 is 2.22 bits per heavy atom. The van der Waals surface area contributed by atoms with E-state index in [1.807, 2.05) is 13.0 Å². The largest absolute Gasteiger partial charge is 0.495 e. The SMILES string of the molecule is COc1ccc(C)cc1NC(=O)c1ccc(OC)c(S(=O)(=O)NC(C)C)c1. The van der Waals surface area contributed by atoms with Crippen LogP contribution in [0.2, 0.25) is 0 Å². The second-order valence-electron chi connectivity index (χ2n) is 6.30. The summed E-state index contributed by atoms with van der Waals surface area (Å²) in [6, 6.07) is 9.35. The third-order valence-corrected chi connectivity index (χ3v) is 5.39. The maximum atomic E-state index is 12.7. The third-order valence-electron chi connectivity index (χ3n) is 3.71. The quantitative estimate of drug-likeness (QED) is 0.756. The van der Waals surface area contributed by atoms with Gasteiger partial charge in [-0.3, -0.25) is 4.79 Å². The van der Waals surface area contributed by atoms with Crippen LogP contribution in [0.15, 0.2) is 41.3 Å². The van der Waals surface area contributed by atoms with Gasteiger partial charge in [-0.25, -0.2) is 13.1 Å². The standard InChI is InChI=1S/C19H24N2O5S/c1-12(2)21-27(23,24)18-11-14(7-9-17(18)26-5)19(22)20-15-10-13(3)6-8-16(15)25-4/h6-12,21H,1-5H3,(H,20,22). The molecule has 0 radical (unpaired) electrons. The van der Waals surface area contributed by atoms with Crippen molar-refractivity contribution in [3.63, 3.8) is 0 Å². The minimum atomic E-state index is -3.83. The summed E-state index contributed by atoms with van der Waals surface area (Å²) in [6.45, 7) is 5.32. The van der Waals surface area contributed by atoms with Gasteiger partial charge in [0.15, 0.2) is 0 Å². The number of methoxy groups -OCH3 is 2. The molecule has 2 N–H and O–H groups in total. The van der Waals surface area contributed by atoms with E-state index >= 15 is 0 Å². The highest BCUT2D eigenvalue weighted by molar-refractivity contribution is 7.89. The smallest absolute Gasteiger partial charge is 0.255 e. The first-order valence-corrected chi connectivity index (χ1v) is 9.82. The second kappa shape index (κ2) is 8.41. The Hall–Kier alpha value is -2.58. The Balaban J connectivity index is 2.41. The molecule has 0 aliphatic rings. The summed E-state index contributed by atoms with van der Waals surface area (Å²) in [5, 5.41) is 2.76. The summed E-state index contributed by atoms with van der Waals surface area (Å²) < 4.78 is 38.0. The summed E-state index contributed by atoms with van der Waals surface area (Å²) in [4.78, 5) is 12.6. The highest BCUT2D eigenvalue weighted by Crippen LogP contribution is 2.28. The van der Waals surface area contributed by atoms with Gasteiger partial charge in [-0.2, -0.15) is 0 Å². The molecule has 0 aliphatic heterocycles. The zero-order valence-corrected chi connectivity index (χ0v) is 16.8. The maximum absolute atomic E-state index is 12.7. The summed E-state index contributed by atoms with van der Waals surface area (Å²) in [5.74, 6) is 0.215. The fourth-order valence-corrected chi connectivity index (χ4v) is 3.96. The van der Waals surface area contributed by atoms with E-state index in [-0.39, 0.29) is 22.3 Å². The van der Waals surface area contributed by atoms with Gasteiger partial charge >= 0.3 is 0 Å². The molecule has 0 heterocycles. The van der Waals surface area contributed by atoms with E-state index in [0.717, 1.165) is 5.56 Å².